The summed E-state index contributed by atoms with van der Waals surface area (Å²) in [6.07, 6.45) is -0.664. The van der Waals surface area contributed by atoms with Crippen LogP contribution in [0.4, 0.5) is 11.4 Å². The second-order valence-corrected chi connectivity index (χ2v) is 6.19. The van der Waals surface area contributed by atoms with Gasteiger partial charge in [-0.3, -0.25) is 0 Å². The SMILES string of the molecule is COC(=O)C(C)Oc1ccc(N(C)c2cc3ccccc3nc2Cl)cc1. The Morgan fingerprint density at radius 3 is 2.54 bits per heavy atom. The van der Waals surface area contributed by atoms with Crippen molar-refractivity contribution in [1.29, 1.82) is 0 Å². The van der Waals surface area contributed by atoms with Crippen LogP contribution in [0.2, 0.25) is 5.15 Å². The van der Waals surface area contributed by atoms with E-state index in [1.807, 2.05) is 54.4 Å². The van der Waals surface area contributed by atoms with Gasteiger partial charge >= 0.3 is 5.97 Å². The van der Waals surface area contributed by atoms with Gasteiger partial charge in [-0.05, 0) is 43.3 Å². The van der Waals surface area contributed by atoms with E-state index in [0.29, 0.717) is 10.9 Å². The molecule has 5 nitrogen and oxygen atoms in total. The van der Waals surface area contributed by atoms with Crippen molar-refractivity contribution < 1.29 is 14.3 Å². The molecule has 3 rings (SSSR count). The molecular formula is C20H19ClN2O3. The number of hydrogen-bond donors (Lipinski definition) is 0. The molecule has 1 atom stereocenters. The minimum Gasteiger partial charge on any atom is -0.479 e. The lowest BCUT2D eigenvalue weighted by molar-refractivity contribution is -0.147. The van der Waals surface area contributed by atoms with Crippen LogP contribution in [0.3, 0.4) is 0 Å². The number of nitrogens with zero attached hydrogens (tertiary/aromatic N) is 2. The Bertz CT molecular complexity index is 928. The van der Waals surface area contributed by atoms with Crippen molar-refractivity contribution in [2.45, 2.75) is 13.0 Å². The summed E-state index contributed by atoms with van der Waals surface area (Å²) in [5.74, 6) is 0.169. The normalized spacial score (nSPS) is 11.8. The zero-order valence-corrected chi connectivity index (χ0v) is 15.5. The number of halogens is 1. The lowest BCUT2D eigenvalue weighted by Gasteiger charge is -2.21. The number of para-hydroxylation sites is 1. The van der Waals surface area contributed by atoms with Crippen molar-refractivity contribution in [1.82, 2.24) is 4.98 Å². The molecule has 3 aromatic rings. The Morgan fingerprint density at radius 1 is 1.15 bits per heavy atom. The van der Waals surface area contributed by atoms with E-state index in [0.717, 1.165) is 22.3 Å². The standard InChI is InChI=1S/C20H19ClN2O3/c1-13(20(24)25-3)26-16-10-8-15(9-11-16)23(2)18-12-14-6-4-5-7-17(14)22-19(18)21/h4-13H,1-3H3. The predicted molar refractivity (Wildman–Crippen MR) is 103 cm³/mol. The van der Waals surface area contributed by atoms with Crippen LogP contribution >= 0.6 is 11.6 Å². The maximum Gasteiger partial charge on any atom is 0.346 e. The van der Waals surface area contributed by atoms with Crippen LogP contribution < -0.4 is 9.64 Å². The van der Waals surface area contributed by atoms with Crippen LogP contribution in [0.5, 0.6) is 5.75 Å². The van der Waals surface area contributed by atoms with Gasteiger partial charge in [-0.15, -0.1) is 0 Å². The molecule has 0 N–H and O–H groups in total. The fourth-order valence-electron chi connectivity index (χ4n) is 2.62. The average molecular weight is 371 g/mol. The molecule has 0 saturated heterocycles. The average Bonchev–Trinajstić information content (AvgIpc) is 2.66. The fourth-order valence-corrected chi connectivity index (χ4v) is 2.89. The first-order valence-corrected chi connectivity index (χ1v) is 8.51. The van der Waals surface area contributed by atoms with Crippen molar-refractivity contribution in [2.75, 3.05) is 19.1 Å². The smallest absolute Gasteiger partial charge is 0.346 e. The number of fused-ring (bicyclic) bond motifs is 1. The highest BCUT2D eigenvalue weighted by atomic mass is 35.5. The highest BCUT2D eigenvalue weighted by Gasteiger charge is 2.15. The summed E-state index contributed by atoms with van der Waals surface area (Å²) in [6, 6.07) is 17.2. The molecule has 0 aliphatic carbocycles. The molecule has 0 radical (unpaired) electrons. The largest absolute Gasteiger partial charge is 0.479 e. The second kappa shape index (κ2) is 7.62. The monoisotopic (exact) mass is 370 g/mol. The van der Waals surface area contributed by atoms with Gasteiger partial charge in [0.2, 0.25) is 0 Å². The molecule has 0 fully saturated rings. The lowest BCUT2D eigenvalue weighted by atomic mass is 10.2. The number of hydrogen-bond acceptors (Lipinski definition) is 5. The van der Waals surface area contributed by atoms with Crippen molar-refractivity contribution in [2.24, 2.45) is 0 Å². The zero-order chi connectivity index (χ0) is 18.7. The molecule has 0 aliphatic rings. The van der Waals surface area contributed by atoms with Gasteiger partial charge < -0.3 is 14.4 Å². The minimum absolute atomic E-state index is 0.416. The molecule has 0 aliphatic heterocycles. The summed E-state index contributed by atoms with van der Waals surface area (Å²) in [7, 11) is 3.26. The van der Waals surface area contributed by atoms with Crippen LogP contribution in [0.15, 0.2) is 54.6 Å². The maximum absolute atomic E-state index is 11.4. The third kappa shape index (κ3) is 3.73. The highest BCUT2D eigenvalue weighted by molar-refractivity contribution is 6.32. The van der Waals surface area contributed by atoms with Crippen LogP contribution in [0.1, 0.15) is 6.92 Å². The van der Waals surface area contributed by atoms with E-state index in [4.69, 9.17) is 16.3 Å². The lowest BCUT2D eigenvalue weighted by Crippen LogP contribution is -2.24. The molecule has 0 bridgehead atoms. The summed E-state index contributed by atoms with van der Waals surface area (Å²) in [5.41, 5.74) is 2.58. The highest BCUT2D eigenvalue weighted by Crippen LogP contribution is 2.32. The van der Waals surface area contributed by atoms with Gasteiger partial charge in [0.05, 0.1) is 18.3 Å². The Balaban J connectivity index is 1.83. The predicted octanol–water partition coefficient (Wildman–Crippen LogP) is 4.60. The number of carbonyl (C=O) groups excluding carboxylic acids is 1. The number of rotatable bonds is 5. The summed E-state index contributed by atoms with van der Waals surface area (Å²) >= 11 is 6.37. The van der Waals surface area contributed by atoms with E-state index in [-0.39, 0.29) is 0 Å². The van der Waals surface area contributed by atoms with Crippen LogP contribution in [-0.2, 0) is 9.53 Å². The maximum atomic E-state index is 11.4. The molecule has 26 heavy (non-hydrogen) atoms. The number of aromatic nitrogens is 1. The van der Waals surface area contributed by atoms with E-state index in [1.54, 1.807) is 19.1 Å². The van der Waals surface area contributed by atoms with Crippen molar-refractivity contribution in [3.63, 3.8) is 0 Å². The summed E-state index contributed by atoms with van der Waals surface area (Å²) in [6.45, 7) is 1.65. The van der Waals surface area contributed by atoms with Gasteiger partial charge in [-0.2, -0.15) is 0 Å². The molecule has 1 heterocycles. The Hall–Kier alpha value is -2.79. The van der Waals surface area contributed by atoms with Gasteiger partial charge in [0.25, 0.3) is 0 Å². The van der Waals surface area contributed by atoms with E-state index in [9.17, 15) is 4.79 Å². The van der Waals surface area contributed by atoms with Gasteiger partial charge in [0.15, 0.2) is 11.3 Å². The van der Waals surface area contributed by atoms with Crippen LogP contribution in [-0.4, -0.2) is 31.2 Å². The van der Waals surface area contributed by atoms with Crippen molar-refractivity contribution in [3.8, 4) is 5.75 Å². The van der Waals surface area contributed by atoms with E-state index in [2.05, 4.69) is 9.72 Å². The van der Waals surface area contributed by atoms with Gasteiger partial charge in [0, 0.05) is 18.1 Å². The molecule has 0 amide bonds. The summed E-state index contributed by atoms with van der Waals surface area (Å²) in [4.78, 5) is 17.9. The molecule has 1 aromatic heterocycles. The van der Waals surface area contributed by atoms with Gasteiger partial charge in [-0.1, -0.05) is 29.8 Å². The number of esters is 1. The number of carbonyl (C=O) groups is 1. The van der Waals surface area contributed by atoms with E-state index in [1.165, 1.54) is 7.11 Å². The number of anilines is 2. The fraction of sp³-hybridized carbons (Fsp3) is 0.200. The Labute approximate surface area is 157 Å². The molecule has 0 spiro atoms. The quantitative estimate of drug-likeness (QED) is 0.485. The Morgan fingerprint density at radius 2 is 1.85 bits per heavy atom. The first-order chi connectivity index (χ1) is 12.5. The molecule has 134 valence electrons. The molecule has 6 heteroatoms. The summed E-state index contributed by atoms with van der Waals surface area (Å²) in [5, 5.41) is 1.46. The topological polar surface area (TPSA) is 51.7 Å². The minimum atomic E-state index is -0.664. The third-order valence-electron chi connectivity index (χ3n) is 4.09. The first-order valence-electron chi connectivity index (χ1n) is 8.13. The van der Waals surface area contributed by atoms with Crippen LogP contribution in [0, 0.1) is 0 Å². The molecule has 0 saturated carbocycles. The van der Waals surface area contributed by atoms with Gasteiger partial charge in [-0.25, -0.2) is 9.78 Å². The van der Waals surface area contributed by atoms with Crippen molar-refractivity contribution in [3.05, 3.63) is 59.8 Å². The second-order valence-electron chi connectivity index (χ2n) is 5.83. The van der Waals surface area contributed by atoms with Crippen molar-refractivity contribution >= 4 is 39.8 Å². The first kappa shape index (κ1) is 18.0. The number of methoxy groups -OCH3 is 1. The Kier molecular flexibility index (Phi) is 5.28. The molecule has 1 unspecified atom stereocenters. The molecule has 2 aromatic carbocycles. The van der Waals surface area contributed by atoms with E-state index < -0.39 is 12.1 Å². The molecular weight excluding hydrogens is 352 g/mol. The summed E-state index contributed by atoms with van der Waals surface area (Å²) < 4.78 is 10.2. The number of benzene rings is 2. The number of pyridine rings is 1. The van der Waals surface area contributed by atoms with Gasteiger partial charge in [0.1, 0.15) is 5.75 Å². The van der Waals surface area contributed by atoms with E-state index >= 15 is 0 Å². The van der Waals surface area contributed by atoms with Crippen LogP contribution in [0.25, 0.3) is 10.9 Å². The number of ether oxygens (including phenoxy) is 2. The third-order valence-corrected chi connectivity index (χ3v) is 4.37. The zero-order valence-electron chi connectivity index (χ0n) is 14.8.